The highest BCUT2D eigenvalue weighted by atomic mass is 16.5. The molecule has 1 saturated carbocycles. The molecule has 16 heavy (non-hydrogen) atoms. The second-order valence-electron chi connectivity index (χ2n) is 4.72. The van der Waals surface area contributed by atoms with Crippen LogP contribution in [-0.2, 0) is 16.8 Å². The Kier molecular flexibility index (Phi) is 2.91. The Morgan fingerprint density at radius 2 is 2.19 bits per heavy atom. The van der Waals surface area contributed by atoms with Gasteiger partial charge in [-0.2, -0.15) is 0 Å². The molecule has 1 aromatic rings. The normalized spacial score (nSPS) is 19.4. The van der Waals surface area contributed by atoms with Crippen molar-refractivity contribution >= 4 is 0 Å². The van der Waals surface area contributed by atoms with E-state index < -0.39 is 0 Å². The Morgan fingerprint density at radius 1 is 1.50 bits per heavy atom. The van der Waals surface area contributed by atoms with Crippen LogP contribution in [0.15, 0.2) is 18.2 Å². The maximum atomic E-state index is 9.87. The Balaban J connectivity index is 2.28. The minimum Gasteiger partial charge on any atom is -0.508 e. The predicted octanol–water partition coefficient (Wildman–Crippen LogP) is 1.92. The van der Waals surface area contributed by atoms with Gasteiger partial charge in [0.1, 0.15) is 5.75 Å². The number of rotatable bonds is 4. The molecule has 3 nitrogen and oxygen atoms in total. The molecule has 2 rings (SSSR count). The van der Waals surface area contributed by atoms with Crippen LogP contribution >= 0.6 is 0 Å². The maximum absolute atomic E-state index is 9.87. The van der Waals surface area contributed by atoms with Crippen LogP contribution in [0.4, 0.5) is 0 Å². The number of hydrogen-bond acceptors (Lipinski definition) is 3. The zero-order valence-electron chi connectivity index (χ0n) is 9.86. The molecule has 1 aromatic carbocycles. The number of aromatic hydroxyl groups is 1. The van der Waals surface area contributed by atoms with Crippen LogP contribution in [0.3, 0.4) is 0 Å². The molecule has 3 N–H and O–H groups in total. The minimum atomic E-state index is 0.100. The monoisotopic (exact) mass is 221 g/mol. The highest BCUT2D eigenvalue weighted by Gasteiger charge is 2.47. The van der Waals surface area contributed by atoms with Crippen LogP contribution in [0.2, 0.25) is 0 Å². The molecule has 0 bridgehead atoms. The van der Waals surface area contributed by atoms with Crippen molar-refractivity contribution in [2.45, 2.75) is 37.8 Å². The molecule has 0 aliphatic heterocycles. The van der Waals surface area contributed by atoms with Crippen LogP contribution in [0.1, 0.15) is 30.9 Å². The van der Waals surface area contributed by atoms with E-state index in [9.17, 15) is 5.11 Å². The average Bonchev–Trinajstić information content (AvgIpc) is 3.02. The topological polar surface area (TPSA) is 55.5 Å². The second kappa shape index (κ2) is 4.07. The number of hydrogen-bond donors (Lipinski definition) is 2. The van der Waals surface area contributed by atoms with Crippen LogP contribution in [-0.4, -0.2) is 18.3 Å². The second-order valence-corrected chi connectivity index (χ2v) is 4.72. The van der Waals surface area contributed by atoms with Gasteiger partial charge in [0.25, 0.3) is 0 Å². The van der Waals surface area contributed by atoms with Gasteiger partial charge in [-0.3, -0.25) is 0 Å². The molecule has 0 saturated heterocycles. The Hall–Kier alpha value is -1.06. The third kappa shape index (κ3) is 1.81. The molecule has 0 radical (unpaired) electrons. The number of nitrogens with two attached hydrogens (primary N) is 1. The number of methoxy groups -OCH3 is 1. The summed E-state index contributed by atoms with van der Waals surface area (Å²) in [6.07, 6.45) is 2.24. The highest BCUT2D eigenvalue weighted by molar-refractivity contribution is 5.42. The largest absolute Gasteiger partial charge is 0.508 e. The van der Waals surface area contributed by atoms with E-state index in [0.29, 0.717) is 12.4 Å². The Morgan fingerprint density at radius 3 is 2.62 bits per heavy atom. The van der Waals surface area contributed by atoms with E-state index in [-0.39, 0.29) is 11.5 Å². The summed E-state index contributed by atoms with van der Waals surface area (Å²) >= 11 is 0. The van der Waals surface area contributed by atoms with E-state index >= 15 is 0 Å². The molecular weight excluding hydrogens is 202 g/mol. The molecule has 3 heteroatoms. The van der Waals surface area contributed by atoms with Crippen LogP contribution in [0.5, 0.6) is 5.75 Å². The summed E-state index contributed by atoms with van der Waals surface area (Å²) in [6.45, 7) is 2.48. The van der Waals surface area contributed by atoms with Gasteiger partial charge >= 0.3 is 0 Å². The SMILES string of the molecule is COCc1ccc(C2(C(C)N)CC2)cc1O. The standard InChI is InChI=1S/C13H19NO2/c1-9(14)13(5-6-13)11-4-3-10(8-16-2)12(15)7-11/h3-4,7,9,15H,5-6,8,14H2,1-2H3. The van der Waals surface area contributed by atoms with Crippen molar-refractivity contribution in [3.63, 3.8) is 0 Å². The molecule has 1 atom stereocenters. The Labute approximate surface area is 96.2 Å². The van der Waals surface area contributed by atoms with Gasteiger partial charge in [-0.15, -0.1) is 0 Å². The van der Waals surface area contributed by atoms with Crippen molar-refractivity contribution in [2.24, 2.45) is 5.73 Å². The molecule has 1 aliphatic carbocycles. The number of phenolic OH excluding ortho intramolecular Hbond substituents is 1. The summed E-state index contributed by atoms with van der Waals surface area (Å²) in [4.78, 5) is 0. The molecule has 0 amide bonds. The number of phenols is 1. The van der Waals surface area contributed by atoms with Crippen molar-refractivity contribution < 1.29 is 9.84 Å². The molecule has 1 fully saturated rings. The molecule has 0 spiro atoms. The third-order valence-electron chi connectivity index (χ3n) is 3.62. The zero-order chi connectivity index (χ0) is 11.8. The van der Waals surface area contributed by atoms with Crippen molar-refractivity contribution in [2.75, 3.05) is 7.11 Å². The van der Waals surface area contributed by atoms with Gasteiger partial charge in [-0.05, 0) is 31.4 Å². The van der Waals surface area contributed by atoms with E-state index in [1.54, 1.807) is 7.11 Å². The molecule has 1 unspecified atom stereocenters. The van der Waals surface area contributed by atoms with Gasteiger partial charge in [0.05, 0.1) is 6.61 Å². The minimum absolute atomic E-state index is 0.100. The third-order valence-corrected chi connectivity index (χ3v) is 3.62. The van der Waals surface area contributed by atoms with E-state index in [4.69, 9.17) is 10.5 Å². The van der Waals surface area contributed by atoms with Gasteiger partial charge in [0.15, 0.2) is 0 Å². The lowest BCUT2D eigenvalue weighted by Gasteiger charge is -2.20. The van der Waals surface area contributed by atoms with Crippen LogP contribution in [0.25, 0.3) is 0 Å². The number of ether oxygens (including phenoxy) is 1. The van der Waals surface area contributed by atoms with Crippen LogP contribution < -0.4 is 5.73 Å². The fourth-order valence-electron chi connectivity index (χ4n) is 2.29. The van der Waals surface area contributed by atoms with Gasteiger partial charge in [-0.25, -0.2) is 0 Å². The van der Waals surface area contributed by atoms with Gasteiger partial charge in [0.2, 0.25) is 0 Å². The predicted molar refractivity (Wildman–Crippen MR) is 63.4 cm³/mol. The quantitative estimate of drug-likeness (QED) is 0.816. The van der Waals surface area contributed by atoms with E-state index in [0.717, 1.165) is 24.0 Å². The summed E-state index contributed by atoms with van der Waals surface area (Å²) in [5, 5.41) is 9.87. The summed E-state index contributed by atoms with van der Waals surface area (Å²) < 4.78 is 5.01. The lowest BCUT2D eigenvalue weighted by molar-refractivity contribution is 0.182. The zero-order valence-corrected chi connectivity index (χ0v) is 9.86. The first-order valence-electron chi connectivity index (χ1n) is 5.67. The lowest BCUT2D eigenvalue weighted by atomic mass is 9.89. The van der Waals surface area contributed by atoms with Crippen molar-refractivity contribution in [3.05, 3.63) is 29.3 Å². The first kappa shape index (κ1) is 11.4. The van der Waals surface area contributed by atoms with Gasteiger partial charge in [0, 0.05) is 24.1 Å². The molecule has 1 aliphatic rings. The van der Waals surface area contributed by atoms with E-state index in [1.807, 2.05) is 19.1 Å². The molecule has 88 valence electrons. The van der Waals surface area contributed by atoms with E-state index in [2.05, 4.69) is 6.07 Å². The van der Waals surface area contributed by atoms with Crippen LogP contribution in [0, 0.1) is 0 Å². The summed E-state index contributed by atoms with van der Waals surface area (Å²) in [5.41, 5.74) is 8.08. The van der Waals surface area contributed by atoms with Gasteiger partial charge in [-0.1, -0.05) is 12.1 Å². The lowest BCUT2D eigenvalue weighted by Crippen LogP contribution is -2.31. The molecular formula is C13H19NO2. The smallest absolute Gasteiger partial charge is 0.121 e. The Bertz CT molecular complexity index is 384. The van der Waals surface area contributed by atoms with E-state index in [1.165, 1.54) is 0 Å². The summed E-state index contributed by atoms with van der Waals surface area (Å²) in [7, 11) is 1.62. The van der Waals surface area contributed by atoms with Crippen molar-refractivity contribution in [1.29, 1.82) is 0 Å². The molecule has 0 heterocycles. The maximum Gasteiger partial charge on any atom is 0.121 e. The van der Waals surface area contributed by atoms with Gasteiger partial charge < -0.3 is 15.6 Å². The summed E-state index contributed by atoms with van der Waals surface area (Å²) in [5.74, 6) is 0.311. The van der Waals surface area contributed by atoms with Crippen molar-refractivity contribution in [3.8, 4) is 5.75 Å². The average molecular weight is 221 g/mol. The summed E-state index contributed by atoms with van der Waals surface area (Å²) in [6, 6.07) is 5.96. The number of benzene rings is 1. The fourth-order valence-corrected chi connectivity index (χ4v) is 2.29. The fraction of sp³-hybridized carbons (Fsp3) is 0.538. The highest BCUT2D eigenvalue weighted by Crippen LogP contribution is 2.51. The van der Waals surface area contributed by atoms with Crippen molar-refractivity contribution in [1.82, 2.24) is 0 Å². The first-order chi connectivity index (χ1) is 7.60. The first-order valence-corrected chi connectivity index (χ1v) is 5.67. The molecule has 0 aromatic heterocycles.